The van der Waals surface area contributed by atoms with Crippen molar-refractivity contribution in [2.45, 2.75) is 6.36 Å². The van der Waals surface area contributed by atoms with Gasteiger partial charge in [-0.2, -0.15) is 0 Å². The lowest BCUT2D eigenvalue weighted by Gasteiger charge is -2.11. The normalized spacial score (nSPS) is 11.4. The van der Waals surface area contributed by atoms with E-state index < -0.39 is 12.3 Å². The van der Waals surface area contributed by atoms with Gasteiger partial charge in [0, 0.05) is 22.5 Å². The van der Waals surface area contributed by atoms with Crippen LogP contribution in [0.2, 0.25) is 0 Å². The van der Waals surface area contributed by atoms with Crippen molar-refractivity contribution in [2.75, 3.05) is 5.32 Å². The highest BCUT2D eigenvalue weighted by Crippen LogP contribution is 2.30. The SMILES string of the molecule is O=C(Nc1nccs1)c1ccc2cccc(-c3ccc(OC(F)(F)F)cc3)c2n1. The number of carbonyl (C=O) groups is 1. The Bertz CT molecular complexity index is 1160. The summed E-state index contributed by atoms with van der Waals surface area (Å²) in [5.74, 6) is -0.705. The van der Waals surface area contributed by atoms with Crippen LogP contribution in [0.1, 0.15) is 10.5 Å². The van der Waals surface area contributed by atoms with Gasteiger partial charge in [-0.25, -0.2) is 9.97 Å². The third-order valence-corrected chi connectivity index (χ3v) is 4.69. The number of alkyl halides is 3. The lowest BCUT2D eigenvalue weighted by molar-refractivity contribution is -0.274. The lowest BCUT2D eigenvalue weighted by atomic mass is 10.0. The summed E-state index contributed by atoms with van der Waals surface area (Å²) in [5, 5.41) is 5.68. The maximum Gasteiger partial charge on any atom is 0.573 e. The number of nitrogens with one attached hydrogen (secondary N) is 1. The number of halogens is 3. The van der Waals surface area contributed by atoms with Gasteiger partial charge in [0.05, 0.1) is 5.52 Å². The Hall–Kier alpha value is -3.46. The molecule has 0 fully saturated rings. The summed E-state index contributed by atoms with van der Waals surface area (Å²) >= 11 is 1.29. The molecule has 2 heterocycles. The standard InChI is InChI=1S/C20H12F3N3O2S/c21-20(22,23)28-14-7-4-12(5-8-14)15-3-1-2-13-6-9-16(25-17(13)15)18(27)26-19-24-10-11-29-19/h1-11H,(H,24,26,27). The van der Waals surface area contributed by atoms with Crippen molar-refractivity contribution in [2.24, 2.45) is 0 Å². The van der Waals surface area contributed by atoms with Crippen molar-refractivity contribution < 1.29 is 22.7 Å². The molecule has 0 radical (unpaired) electrons. The predicted molar refractivity (Wildman–Crippen MR) is 104 cm³/mol. The minimum Gasteiger partial charge on any atom is -0.406 e. The van der Waals surface area contributed by atoms with E-state index in [-0.39, 0.29) is 11.4 Å². The second kappa shape index (κ2) is 7.51. The van der Waals surface area contributed by atoms with Crippen LogP contribution in [0.5, 0.6) is 5.75 Å². The van der Waals surface area contributed by atoms with Crippen LogP contribution in [0, 0.1) is 0 Å². The van der Waals surface area contributed by atoms with Gasteiger partial charge in [-0.05, 0) is 23.8 Å². The molecule has 2 aromatic carbocycles. The molecular formula is C20H12F3N3O2S. The Labute approximate surface area is 166 Å². The molecule has 2 aromatic heterocycles. The number of aromatic nitrogens is 2. The van der Waals surface area contributed by atoms with Gasteiger partial charge in [0.15, 0.2) is 5.13 Å². The number of ether oxygens (including phenoxy) is 1. The number of anilines is 1. The first-order valence-corrected chi connectivity index (χ1v) is 9.24. The van der Waals surface area contributed by atoms with Gasteiger partial charge in [-0.15, -0.1) is 24.5 Å². The number of hydrogen-bond acceptors (Lipinski definition) is 5. The van der Waals surface area contributed by atoms with E-state index >= 15 is 0 Å². The van der Waals surface area contributed by atoms with Crippen molar-refractivity contribution in [3.8, 4) is 16.9 Å². The fourth-order valence-electron chi connectivity index (χ4n) is 2.79. The zero-order valence-corrected chi connectivity index (χ0v) is 15.4. The molecule has 0 saturated heterocycles. The Kier molecular flexibility index (Phi) is 4.89. The van der Waals surface area contributed by atoms with Crippen LogP contribution in [0.4, 0.5) is 18.3 Å². The first-order valence-electron chi connectivity index (χ1n) is 8.36. The van der Waals surface area contributed by atoms with Gasteiger partial charge >= 0.3 is 6.36 Å². The van der Waals surface area contributed by atoms with Crippen LogP contribution < -0.4 is 10.1 Å². The van der Waals surface area contributed by atoms with E-state index in [4.69, 9.17) is 0 Å². The quantitative estimate of drug-likeness (QED) is 0.477. The number of para-hydroxylation sites is 1. The van der Waals surface area contributed by atoms with Crippen molar-refractivity contribution in [3.05, 3.63) is 71.9 Å². The number of hydrogen-bond donors (Lipinski definition) is 1. The molecule has 0 bridgehead atoms. The van der Waals surface area contributed by atoms with E-state index in [1.807, 2.05) is 12.1 Å². The van der Waals surface area contributed by atoms with Crippen LogP contribution in [0.15, 0.2) is 66.2 Å². The molecule has 1 N–H and O–H groups in total. The number of carbonyl (C=O) groups excluding carboxylic acids is 1. The highest BCUT2D eigenvalue weighted by molar-refractivity contribution is 7.13. The van der Waals surface area contributed by atoms with E-state index in [0.717, 1.165) is 5.39 Å². The molecule has 29 heavy (non-hydrogen) atoms. The number of pyridine rings is 1. The Morgan fingerprint density at radius 3 is 2.52 bits per heavy atom. The number of amides is 1. The second-order valence-corrected chi connectivity index (χ2v) is 6.83. The monoisotopic (exact) mass is 415 g/mol. The van der Waals surface area contributed by atoms with Gasteiger partial charge in [0.1, 0.15) is 11.4 Å². The summed E-state index contributed by atoms with van der Waals surface area (Å²) in [7, 11) is 0. The highest BCUT2D eigenvalue weighted by Gasteiger charge is 2.31. The zero-order valence-electron chi connectivity index (χ0n) is 14.6. The number of nitrogens with zero attached hydrogens (tertiary/aromatic N) is 2. The molecule has 4 aromatic rings. The molecule has 5 nitrogen and oxygen atoms in total. The van der Waals surface area contributed by atoms with Crippen LogP contribution in [0.25, 0.3) is 22.0 Å². The number of benzene rings is 2. The van der Waals surface area contributed by atoms with Crippen molar-refractivity contribution in [1.82, 2.24) is 9.97 Å². The maximum atomic E-state index is 12.5. The van der Waals surface area contributed by atoms with Crippen molar-refractivity contribution in [3.63, 3.8) is 0 Å². The predicted octanol–water partition coefficient (Wildman–Crippen LogP) is 5.51. The van der Waals surface area contributed by atoms with E-state index in [1.54, 1.807) is 29.8 Å². The maximum absolute atomic E-state index is 12.5. The Balaban J connectivity index is 1.68. The van der Waals surface area contributed by atoms with Crippen LogP contribution >= 0.6 is 11.3 Å². The molecule has 0 atom stereocenters. The van der Waals surface area contributed by atoms with Crippen LogP contribution in [0.3, 0.4) is 0 Å². The number of rotatable bonds is 4. The minimum atomic E-state index is -4.75. The summed E-state index contributed by atoms with van der Waals surface area (Å²) in [6.07, 6.45) is -3.17. The third-order valence-electron chi connectivity index (χ3n) is 4.00. The van der Waals surface area contributed by atoms with E-state index in [2.05, 4.69) is 20.0 Å². The molecule has 146 valence electrons. The van der Waals surface area contributed by atoms with Crippen LogP contribution in [-0.4, -0.2) is 22.2 Å². The molecule has 0 aliphatic carbocycles. The van der Waals surface area contributed by atoms with E-state index in [1.165, 1.54) is 35.6 Å². The summed E-state index contributed by atoms with van der Waals surface area (Å²) in [5.41, 5.74) is 2.10. The average molecular weight is 415 g/mol. The topological polar surface area (TPSA) is 64.1 Å². The molecule has 0 saturated carbocycles. The molecule has 4 rings (SSSR count). The van der Waals surface area contributed by atoms with Crippen molar-refractivity contribution >= 4 is 33.3 Å². The summed E-state index contributed by atoms with van der Waals surface area (Å²) in [6, 6.07) is 14.3. The Morgan fingerprint density at radius 2 is 1.83 bits per heavy atom. The molecular weight excluding hydrogens is 403 g/mol. The van der Waals surface area contributed by atoms with Gasteiger partial charge in [-0.3, -0.25) is 10.1 Å². The van der Waals surface area contributed by atoms with Gasteiger partial charge in [0.25, 0.3) is 5.91 Å². The number of thiazole rings is 1. The fourth-order valence-corrected chi connectivity index (χ4v) is 3.31. The summed E-state index contributed by atoms with van der Waals surface area (Å²) in [6.45, 7) is 0. The largest absolute Gasteiger partial charge is 0.573 e. The van der Waals surface area contributed by atoms with Gasteiger partial charge in [0.2, 0.25) is 0 Å². The molecule has 1 amide bonds. The highest BCUT2D eigenvalue weighted by atomic mass is 32.1. The molecule has 0 unspecified atom stereocenters. The molecule has 9 heteroatoms. The Morgan fingerprint density at radius 1 is 1.03 bits per heavy atom. The average Bonchev–Trinajstić information content (AvgIpc) is 3.19. The zero-order chi connectivity index (χ0) is 20.4. The van der Waals surface area contributed by atoms with E-state index in [0.29, 0.717) is 21.8 Å². The summed E-state index contributed by atoms with van der Waals surface area (Å²) < 4.78 is 41.0. The smallest absolute Gasteiger partial charge is 0.406 e. The van der Waals surface area contributed by atoms with Crippen molar-refractivity contribution in [1.29, 1.82) is 0 Å². The minimum absolute atomic E-state index is 0.206. The van der Waals surface area contributed by atoms with Gasteiger partial charge in [-0.1, -0.05) is 36.4 Å². The van der Waals surface area contributed by atoms with Gasteiger partial charge < -0.3 is 4.74 Å². The third kappa shape index (κ3) is 4.35. The first-order chi connectivity index (χ1) is 13.9. The summed E-state index contributed by atoms with van der Waals surface area (Å²) in [4.78, 5) is 20.9. The molecule has 0 aliphatic heterocycles. The molecule has 0 aliphatic rings. The first kappa shape index (κ1) is 18.9. The lowest BCUT2D eigenvalue weighted by Crippen LogP contribution is -2.16. The second-order valence-electron chi connectivity index (χ2n) is 5.94. The fraction of sp³-hybridized carbons (Fsp3) is 0.0500. The number of fused-ring (bicyclic) bond motifs is 1. The molecule has 0 spiro atoms. The van der Waals surface area contributed by atoms with Crippen LogP contribution in [-0.2, 0) is 0 Å². The van der Waals surface area contributed by atoms with E-state index in [9.17, 15) is 18.0 Å².